The number of para-hydroxylation sites is 1. The first kappa shape index (κ1) is 16.9. The maximum atomic E-state index is 12.2. The number of amides is 1. The zero-order chi connectivity index (χ0) is 17.8. The van der Waals surface area contributed by atoms with Gasteiger partial charge in [0, 0.05) is 23.6 Å². The average molecular weight is 339 g/mol. The Hall–Kier alpha value is -2.99. The van der Waals surface area contributed by atoms with E-state index in [1.807, 2.05) is 30.5 Å². The number of aromatic hydroxyl groups is 2. The predicted molar refractivity (Wildman–Crippen MR) is 96.5 cm³/mol. The van der Waals surface area contributed by atoms with E-state index in [0.717, 1.165) is 22.0 Å². The van der Waals surface area contributed by atoms with Crippen molar-refractivity contribution in [3.8, 4) is 11.5 Å². The van der Waals surface area contributed by atoms with Crippen molar-refractivity contribution in [2.45, 2.75) is 18.9 Å². The Balaban J connectivity index is 1.53. The van der Waals surface area contributed by atoms with Crippen LogP contribution in [0.5, 0.6) is 11.5 Å². The molecule has 1 heterocycles. The Morgan fingerprint density at radius 2 is 1.96 bits per heavy atom. The molecule has 0 unspecified atom stereocenters. The number of H-pyrrole nitrogens is 1. The molecule has 0 fully saturated rings. The van der Waals surface area contributed by atoms with Crippen LogP contribution in [0.3, 0.4) is 0 Å². The molecule has 2 aromatic carbocycles. The summed E-state index contributed by atoms with van der Waals surface area (Å²) in [6, 6.07) is 11.9. The Labute approximate surface area is 145 Å². The summed E-state index contributed by atoms with van der Waals surface area (Å²) in [5.74, 6) is -0.540. The number of fused-ring (bicyclic) bond motifs is 1. The molecular formula is C19H21N3O3. The summed E-state index contributed by atoms with van der Waals surface area (Å²) < 4.78 is 0. The predicted octanol–water partition coefficient (Wildman–Crippen LogP) is 1.81. The van der Waals surface area contributed by atoms with Crippen molar-refractivity contribution < 1.29 is 15.0 Å². The van der Waals surface area contributed by atoms with Crippen molar-refractivity contribution in [2.24, 2.45) is 5.73 Å². The van der Waals surface area contributed by atoms with Crippen LogP contribution in [-0.2, 0) is 17.6 Å². The molecule has 6 nitrogen and oxygen atoms in total. The van der Waals surface area contributed by atoms with E-state index in [4.69, 9.17) is 5.73 Å². The smallest absolute Gasteiger partial charge is 0.237 e. The highest BCUT2D eigenvalue weighted by atomic mass is 16.3. The molecule has 0 aliphatic rings. The molecule has 0 radical (unpaired) electrons. The van der Waals surface area contributed by atoms with E-state index in [9.17, 15) is 15.0 Å². The van der Waals surface area contributed by atoms with Crippen molar-refractivity contribution in [1.29, 1.82) is 0 Å². The Kier molecular flexibility index (Phi) is 4.90. The van der Waals surface area contributed by atoms with Crippen LogP contribution in [-0.4, -0.2) is 33.7 Å². The molecular weight excluding hydrogens is 318 g/mol. The summed E-state index contributed by atoms with van der Waals surface area (Å²) in [5, 5.41) is 22.6. The second kappa shape index (κ2) is 7.27. The fourth-order valence-corrected chi connectivity index (χ4v) is 2.82. The summed E-state index contributed by atoms with van der Waals surface area (Å²) in [6.45, 7) is 0.407. The van der Waals surface area contributed by atoms with Crippen LogP contribution in [0.4, 0.5) is 0 Å². The number of nitrogens with one attached hydrogen (secondary N) is 2. The quantitative estimate of drug-likeness (QED) is 0.441. The van der Waals surface area contributed by atoms with Gasteiger partial charge in [-0.3, -0.25) is 4.79 Å². The van der Waals surface area contributed by atoms with Crippen molar-refractivity contribution >= 4 is 16.8 Å². The van der Waals surface area contributed by atoms with Gasteiger partial charge in [-0.05, 0) is 42.2 Å². The van der Waals surface area contributed by atoms with Gasteiger partial charge in [-0.25, -0.2) is 0 Å². The highest BCUT2D eigenvalue weighted by Gasteiger charge is 2.15. The van der Waals surface area contributed by atoms with Gasteiger partial charge in [0.15, 0.2) is 11.5 Å². The lowest BCUT2D eigenvalue weighted by atomic mass is 10.0. The van der Waals surface area contributed by atoms with Crippen LogP contribution in [0, 0.1) is 0 Å². The van der Waals surface area contributed by atoms with Gasteiger partial charge in [-0.15, -0.1) is 0 Å². The topological polar surface area (TPSA) is 111 Å². The molecule has 1 amide bonds. The Morgan fingerprint density at radius 1 is 1.16 bits per heavy atom. The minimum absolute atomic E-state index is 0.159. The van der Waals surface area contributed by atoms with Crippen molar-refractivity contribution in [3.05, 3.63) is 59.8 Å². The summed E-state index contributed by atoms with van der Waals surface area (Å²) in [5.41, 5.74) is 8.88. The van der Waals surface area contributed by atoms with E-state index in [1.165, 1.54) is 12.1 Å². The SMILES string of the molecule is N[C@@H](Cc1c[nH]c2ccccc12)C(=O)NCCc1ccc(O)c(O)c1. The Bertz CT molecular complexity index is 889. The number of hydrogen-bond donors (Lipinski definition) is 5. The molecule has 0 saturated carbocycles. The van der Waals surface area contributed by atoms with E-state index in [2.05, 4.69) is 10.3 Å². The van der Waals surface area contributed by atoms with Gasteiger partial charge in [0.1, 0.15) is 0 Å². The normalized spacial score (nSPS) is 12.2. The lowest BCUT2D eigenvalue weighted by molar-refractivity contribution is -0.122. The molecule has 1 atom stereocenters. The molecule has 25 heavy (non-hydrogen) atoms. The first-order valence-electron chi connectivity index (χ1n) is 8.13. The van der Waals surface area contributed by atoms with E-state index in [1.54, 1.807) is 6.07 Å². The van der Waals surface area contributed by atoms with Crippen molar-refractivity contribution in [2.75, 3.05) is 6.54 Å². The lowest BCUT2D eigenvalue weighted by Crippen LogP contribution is -2.42. The number of carbonyl (C=O) groups excluding carboxylic acids is 1. The highest BCUT2D eigenvalue weighted by Crippen LogP contribution is 2.24. The molecule has 0 saturated heterocycles. The molecule has 3 aromatic rings. The lowest BCUT2D eigenvalue weighted by Gasteiger charge is -2.12. The molecule has 6 N–H and O–H groups in total. The maximum Gasteiger partial charge on any atom is 0.237 e. The second-order valence-electron chi connectivity index (χ2n) is 6.03. The number of benzene rings is 2. The summed E-state index contributed by atoms with van der Waals surface area (Å²) in [7, 11) is 0. The van der Waals surface area contributed by atoms with E-state index in [0.29, 0.717) is 19.4 Å². The minimum atomic E-state index is -0.632. The molecule has 1 aromatic heterocycles. The van der Waals surface area contributed by atoms with E-state index < -0.39 is 6.04 Å². The molecule has 0 bridgehead atoms. The number of rotatable bonds is 6. The first-order chi connectivity index (χ1) is 12.0. The van der Waals surface area contributed by atoms with Crippen LogP contribution in [0.2, 0.25) is 0 Å². The number of phenols is 2. The van der Waals surface area contributed by atoms with Gasteiger partial charge in [-0.1, -0.05) is 24.3 Å². The van der Waals surface area contributed by atoms with Gasteiger partial charge < -0.3 is 26.2 Å². The number of aromatic amines is 1. The highest BCUT2D eigenvalue weighted by molar-refractivity contribution is 5.86. The van der Waals surface area contributed by atoms with Crippen LogP contribution in [0.1, 0.15) is 11.1 Å². The third-order valence-electron chi connectivity index (χ3n) is 4.20. The molecule has 3 rings (SSSR count). The largest absolute Gasteiger partial charge is 0.504 e. The van der Waals surface area contributed by atoms with Crippen LogP contribution >= 0.6 is 0 Å². The molecule has 130 valence electrons. The molecule has 0 aliphatic heterocycles. The number of carbonyl (C=O) groups is 1. The van der Waals surface area contributed by atoms with E-state index >= 15 is 0 Å². The third-order valence-corrected chi connectivity index (χ3v) is 4.20. The van der Waals surface area contributed by atoms with E-state index in [-0.39, 0.29) is 17.4 Å². The summed E-state index contributed by atoms with van der Waals surface area (Å²) >= 11 is 0. The number of nitrogens with two attached hydrogens (primary N) is 1. The van der Waals surface area contributed by atoms with Crippen molar-refractivity contribution in [3.63, 3.8) is 0 Å². The van der Waals surface area contributed by atoms with Crippen LogP contribution < -0.4 is 11.1 Å². The monoisotopic (exact) mass is 339 g/mol. The maximum absolute atomic E-state index is 12.2. The molecule has 0 spiro atoms. The number of aromatic nitrogens is 1. The first-order valence-corrected chi connectivity index (χ1v) is 8.13. The second-order valence-corrected chi connectivity index (χ2v) is 6.03. The fourth-order valence-electron chi connectivity index (χ4n) is 2.82. The zero-order valence-corrected chi connectivity index (χ0v) is 13.7. The number of phenolic OH excluding ortho intramolecular Hbond substituents is 2. The number of hydrogen-bond acceptors (Lipinski definition) is 4. The fraction of sp³-hybridized carbons (Fsp3) is 0.211. The molecule has 6 heteroatoms. The third kappa shape index (κ3) is 3.92. The average Bonchev–Trinajstić information content (AvgIpc) is 3.01. The zero-order valence-electron chi connectivity index (χ0n) is 13.7. The standard InChI is InChI=1S/C19H21N3O3/c20-15(10-13-11-22-16-4-2-1-3-14(13)16)19(25)21-8-7-12-5-6-17(23)18(24)9-12/h1-6,9,11,15,22-24H,7-8,10,20H2,(H,21,25)/t15-/m0/s1. The van der Waals surface area contributed by atoms with Crippen molar-refractivity contribution in [1.82, 2.24) is 10.3 Å². The molecule has 0 aliphatic carbocycles. The van der Waals surface area contributed by atoms with Gasteiger partial charge >= 0.3 is 0 Å². The van der Waals surface area contributed by atoms with Gasteiger partial charge in [-0.2, -0.15) is 0 Å². The van der Waals surface area contributed by atoms with Crippen LogP contribution in [0.25, 0.3) is 10.9 Å². The van der Waals surface area contributed by atoms with Gasteiger partial charge in [0.05, 0.1) is 6.04 Å². The Morgan fingerprint density at radius 3 is 2.76 bits per heavy atom. The summed E-state index contributed by atoms with van der Waals surface area (Å²) in [6.07, 6.45) is 2.88. The minimum Gasteiger partial charge on any atom is -0.504 e. The van der Waals surface area contributed by atoms with Gasteiger partial charge in [0.2, 0.25) is 5.91 Å². The van der Waals surface area contributed by atoms with Crippen LogP contribution in [0.15, 0.2) is 48.7 Å². The van der Waals surface area contributed by atoms with Gasteiger partial charge in [0.25, 0.3) is 0 Å². The summed E-state index contributed by atoms with van der Waals surface area (Å²) in [4.78, 5) is 15.4.